The lowest BCUT2D eigenvalue weighted by molar-refractivity contribution is -0.386. The Morgan fingerprint density at radius 1 is 0.933 bits per heavy atom. The first-order valence-corrected chi connectivity index (χ1v) is 9.27. The van der Waals surface area contributed by atoms with Crippen LogP contribution in [0.25, 0.3) is 0 Å². The number of amides is 1. The van der Waals surface area contributed by atoms with Crippen LogP contribution in [0.15, 0.2) is 36.4 Å². The number of ether oxygens (including phenoxy) is 3. The van der Waals surface area contributed by atoms with Gasteiger partial charge in [0.25, 0.3) is 5.91 Å². The van der Waals surface area contributed by atoms with Crippen LogP contribution >= 0.6 is 0 Å². The van der Waals surface area contributed by atoms with Crippen molar-refractivity contribution in [2.24, 2.45) is 0 Å². The monoisotopic (exact) mass is 416 g/mol. The van der Waals surface area contributed by atoms with Crippen molar-refractivity contribution in [3.63, 3.8) is 0 Å². The predicted octanol–water partition coefficient (Wildman–Crippen LogP) is 4.21. The fraction of sp³-hybridized carbons (Fsp3) is 0.333. The summed E-state index contributed by atoms with van der Waals surface area (Å²) in [4.78, 5) is 35.2. The molecule has 0 aliphatic carbocycles. The number of nitrogens with zero attached hydrogens (tertiary/aromatic N) is 1. The summed E-state index contributed by atoms with van der Waals surface area (Å²) in [6.07, 6.45) is -0.516. The van der Waals surface area contributed by atoms with E-state index >= 15 is 0 Å². The van der Waals surface area contributed by atoms with Gasteiger partial charge < -0.3 is 19.5 Å². The van der Waals surface area contributed by atoms with E-state index in [0.29, 0.717) is 11.4 Å². The van der Waals surface area contributed by atoms with Crippen LogP contribution in [-0.2, 0) is 4.74 Å². The van der Waals surface area contributed by atoms with Crippen LogP contribution in [-0.4, -0.2) is 36.1 Å². The van der Waals surface area contributed by atoms with E-state index < -0.39 is 16.8 Å². The van der Waals surface area contributed by atoms with E-state index in [1.807, 2.05) is 13.8 Å². The van der Waals surface area contributed by atoms with Gasteiger partial charge in [0.05, 0.1) is 35.5 Å². The van der Waals surface area contributed by atoms with Crippen molar-refractivity contribution in [2.75, 3.05) is 12.4 Å². The molecule has 0 aliphatic rings. The van der Waals surface area contributed by atoms with E-state index in [9.17, 15) is 19.7 Å². The summed E-state index contributed by atoms with van der Waals surface area (Å²) in [5.41, 5.74) is 0.551. The average molecular weight is 416 g/mol. The van der Waals surface area contributed by atoms with Crippen LogP contribution in [0.1, 0.15) is 48.4 Å². The molecule has 0 fully saturated rings. The lowest BCUT2D eigenvalue weighted by atomic mass is 10.1. The molecular weight excluding hydrogens is 392 g/mol. The van der Waals surface area contributed by atoms with Gasteiger partial charge in [-0.2, -0.15) is 0 Å². The second-order valence-electron chi connectivity index (χ2n) is 6.93. The molecule has 0 atom stereocenters. The highest BCUT2D eigenvalue weighted by molar-refractivity contribution is 6.06. The topological polar surface area (TPSA) is 117 Å². The molecule has 160 valence electrons. The van der Waals surface area contributed by atoms with E-state index in [4.69, 9.17) is 14.2 Å². The molecular formula is C21H24N2O7. The number of nitrogens with one attached hydrogen (secondary N) is 1. The number of anilines is 1. The maximum Gasteiger partial charge on any atom is 0.337 e. The third-order valence-electron chi connectivity index (χ3n) is 3.79. The van der Waals surface area contributed by atoms with Crippen molar-refractivity contribution in [2.45, 2.75) is 39.9 Å². The van der Waals surface area contributed by atoms with E-state index in [1.165, 1.54) is 43.5 Å². The number of hydrogen-bond acceptors (Lipinski definition) is 7. The highest BCUT2D eigenvalue weighted by atomic mass is 16.6. The lowest BCUT2D eigenvalue weighted by Gasteiger charge is -2.16. The highest BCUT2D eigenvalue weighted by Gasteiger charge is 2.20. The van der Waals surface area contributed by atoms with Crippen LogP contribution in [0.4, 0.5) is 11.4 Å². The zero-order valence-corrected chi connectivity index (χ0v) is 17.4. The van der Waals surface area contributed by atoms with Gasteiger partial charge in [0.15, 0.2) is 5.75 Å². The summed E-state index contributed by atoms with van der Waals surface area (Å²) in [5, 5.41) is 13.9. The Balaban J connectivity index is 2.36. The zero-order valence-electron chi connectivity index (χ0n) is 17.4. The Labute approximate surface area is 174 Å². The smallest absolute Gasteiger partial charge is 0.337 e. The Bertz CT molecular complexity index is 954. The first-order chi connectivity index (χ1) is 14.1. The van der Waals surface area contributed by atoms with E-state index in [1.54, 1.807) is 13.8 Å². The molecule has 0 unspecified atom stereocenters. The maximum atomic E-state index is 12.8. The lowest BCUT2D eigenvalue weighted by Crippen LogP contribution is -2.16. The van der Waals surface area contributed by atoms with Gasteiger partial charge in [0, 0.05) is 17.7 Å². The Morgan fingerprint density at radius 2 is 1.50 bits per heavy atom. The van der Waals surface area contributed by atoms with Crippen molar-refractivity contribution in [1.82, 2.24) is 0 Å². The molecule has 9 heteroatoms. The van der Waals surface area contributed by atoms with Crippen LogP contribution in [0.3, 0.4) is 0 Å². The Hall–Kier alpha value is -3.62. The number of benzene rings is 2. The SMILES string of the molecule is COC(=O)c1ccc(NC(=O)c2ccc([N+](=O)[O-])c(OC(C)C)c2)c(OC(C)C)c1. The summed E-state index contributed by atoms with van der Waals surface area (Å²) >= 11 is 0. The van der Waals surface area contributed by atoms with Gasteiger partial charge in [-0.25, -0.2) is 4.79 Å². The van der Waals surface area contributed by atoms with E-state index in [0.717, 1.165) is 0 Å². The molecule has 30 heavy (non-hydrogen) atoms. The summed E-state index contributed by atoms with van der Waals surface area (Å²) < 4.78 is 15.9. The second-order valence-corrected chi connectivity index (χ2v) is 6.93. The standard InChI is InChI=1S/C21H24N2O7/c1-12(2)29-18-11-15(21(25)28-5)6-8-16(18)22-20(24)14-7-9-17(23(26)27)19(10-14)30-13(3)4/h6-13H,1-5H3,(H,22,24). The van der Waals surface area contributed by atoms with Crippen LogP contribution in [0, 0.1) is 10.1 Å². The third kappa shape index (κ3) is 5.69. The molecule has 1 amide bonds. The van der Waals surface area contributed by atoms with Gasteiger partial charge in [-0.05, 0) is 52.0 Å². The van der Waals surface area contributed by atoms with Gasteiger partial charge in [0.2, 0.25) is 0 Å². The number of hydrogen-bond donors (Lipinski definition) is 1. The molecule has 0 bridgehead atoms. The summed E-state index contributed by atoms with van der Waals surface area (Å²) in [7, 11) is 1.27. The van der Waals surface area contributed by atoms with Crippen molar-refractivity contribution < 1.29 is 28.7 Å². The Kier molecular flexibility index (Phi) is 7.35. The number of nitro benzene ring substituents is 1. The largest absolute Gasteiger partial charge is 0.489 e. The number of rotatable bonds is 8. The fourth-order valence-electron chi connectivity index (χ4n) is 2.57. The molecule has 2 aromatic carbocycles. The normalized spacial score (nSPS) is 10.6. The molecule has 0 aromatic heterocycles. The van der Waals surface area contributed by atoms with Crippen LogP contribution < -0.4 is 14.8 Å². The van der Waals surface area contributed by atoms with Gasteiger partial charge in [0.1, 0.15) is 5.75 Å². The first kappa shape index (κ1) is 22.7. The minimum atomic E-state index is -0.570. The molecule has 0 saturated heterocycles. The fourth-order valence-corrected chi connectivity index (χ4v) is 2.57. The minimum Gasteiger partial charge on any atom is -0.489 e. The van der Waals surface area contributed by atoms with E-state index in [-0.39, 0.29) is 34.8 Å². The predicted molar refractivity (Wildman–Crippen MR) is 110 cm³/mol. The zero-order chi connectivity index (χ0) is 22.4. The van der Waals surface area contributed by atoms with Crippen molar-refractivity contribution in [3.8, 4) is 11.5 Å². The quantitative estimate of drug-likeness (QED) is 0.389. The van der Waals surface area contributed by atoms with Crippen molar-refractivity contribution in [3.05, 3.63) is 57.6 Å². The Morgan fingerprint density at radius 3 is 2.07 bits per heavy atom. The highest BCUT2D eigenvalue weighted by Crippen LogP contribution is 2.31. The second kappa shape index (κ2) is 9.73. The minimum absolute atomic E-state index is 0.00217. The van der Waals surface area contributed by atoms with Gasteiger partial charge in [-0.1, -0.05) is 0 Å². The molecule has 0 spiro atoms. The number of nitro groups is 1. The first-order valence-electron chi connectivity index (χ1n) is 9.27. The number of carbonyl (C=O) groups is 2. The van der Waals surface area contributed by atoms with Crippen LogP contribution in [0.2, 0.25) is 0 Å². The number of carbonyl (C=O) groups excluding carboxylic acids is 2. The van der Waals surface area contributed by atoms with Crippen LogP contribution in [0.5, 0.6) is 11.5 Å². The number of esters is 1. The van der Waals surface area contributed by atoms with Gasteiger partial charge in [-0.3, -0.25) is 14.9 Å². The summed E-state index contributed by atoms with van der Waals surface area (Å²) in [6.45, 7) is 7.08. The average Bonchev–Trinajstić information content (AvgIpc) is 2.67. The molecule has 1 N–H and O–H groups in total. The maximum absolute atomic E-state index is 12.8. The van der Waals surface area contributed by atoms with Crippen molar-refractivity contribution >= 4 is 23.3 Å². The summed E-state index contributed by atoms with van der Waals surface area (Å²) in [6, 6.07) is 8.38. The molecule has 0 aliphatic heterocycles. The molecule has 2 rings (SSSR count). The molecule has 0 saturated carbocycles. The molecule has 0 radical (unpaired) electrons. The van der Waals surface area contributed by atoms with Crippen molar-refractivity contribution in [1.29, 1.82) is 0 Å². The number of methoxy groups -OCH3 is 1. The van der Waals surface area contributed by atoms with E-state index in [2.05, 4.69) is 5.32 Å². The molecule has 0 heterocycles. The van der Waals surface area contributed by atoms with Gasteiger partial charge in [-0.15, -0.1) is 0 Å². The van der Waals surface area contributed by atoms with Gasteiger partial charge >= 0.3 is 11.7 Å². The summed E-state index contributed by atoms with van der Waals surface area (Å²) in [5.74, 6) is -0.755. The molecule has 2 aromatic rings. The third-order valence-corrected chi connectivity index (χ3v) is 3.79. The molecule has 9 nitrogen and oxygen atoms in total.